The molecule has 32 heavy (non-hydrogen) atoms. The maximum Gasteiger partial charge on any atom is 0.573 e. The number of sulfonamides is 1. The van der Waals surface area contributed by atoms with Crippen molar-refractivity contribution in [3.8, 4) is 5.75 Å². The fraction of sp³-hybridized carbons (Fsp3) is 0.0476. The van der Waals surface area contributed by atoms with E-state index < -0.39 is 28.0 Å². The number of anilines is 2. The molecule has 2 N–H and O–H groups in total. The Bertz CT molecular complexity index is 1210. The Labute approximate surface area is 181 Å². The molecular formula is C21H16F3N3O4S. The Hall–Kier alpha value is -3.86. The lowest BCUT2D eigenvalue weighted by Gasteiger charge is -2.15. The van der Waals surface area contributed by atoms with E-state index in [0.29, 0.717) is 5.69 Å². The topological polar surface area (TPSA) is 97.4 Å². The number of nitrogens with one attached hydrogen (secondary N) is 2. The lowest BCUT2D eigenvalue weighted by molar-refractivity contribution is -0.274. The standard InChI is InChI=1S/C21H16F3N3O4S/c22-21(23,24)31-19-6-2-1-5-18(19)27-32(29,30)17-10-8-16(9-11-17)26-20(28)12-7-15-4-3-13-25-14-15/h1-14,27H,(H,26,28). The average Bonchev–Trinajstić information content (AvgIpc) is 2.74. The van der Waals surface area contributed by atoms with Gasteiger partial charge in [0.25, 0.3) is 10.0 Å². The van der Waals surface area contributed by atoms with Crippen molar-refractivity contribution in [2.75, 3.05) is 10.0 Å². The number of ether oxygens (including phenoxy) is 1. The zero-order valence-corrected chi connectivity index (χ0v) is 17.0. The van der Waals surface area contributed by atoms with E-state index in [1.54, 1.807) is 30.6 Å². The normalized spacial score (nSPS) is 11.8. The third kappa shape index (κ3) is 6.57. The number of benzene rings is 2. The number of aromatic nitrogens is 1. The van der Waals surface area contributed by atoms with Crippen molar-refractivity contribution in [2.45, 2.75) is 11.3 Å². The fourth-order valence-electron chi connectivity index (χ4n) is 2.52. The minimum Gasteiger partial charge on any atom is -0.404 e. The van der Waals surface area contributed by atoms with Crippen molar-refractivity contribution in [2.24, 2.45) is 0 Å². The van der Waals surface area contributed by atoms with E-state index in [1.165, 1.54) is 42.5 Å². The van der Waals surface area contributed by atoms with Crippen LogP contribution < -0.4 is 14.8 Å². The molecule has 0 saturated heterocycles. The molecule has 0 unspecified atom stereocenters. The van der Waals surface area contributed by atoms with E-state index in [1.807, 2.05) is 0 Å². The summed E-state index contributed by atoms with van der Waals surface area (Å²) in [6.45, 7) is 0. The number of rotatable bonds is 7. The van der Waals surface area contributed by atoms with Gasteiger partial charge in [-0.25, -0.2) is 8.42 Å². The van der Waals surface area contributed by atoms with E-state index in [0.717, 1.165) is 17.7 Å². The molecule has 1 amide bonds. The molecule has 0 bridgehead atoms. The molecule has 166 valence electrons. The smallest absolute Gasteiger partial charge is 0.404 e. The SMILES string of the molecule is O=C(C=Cc1cccnc1)Nc1ccc(S(=O)(=O)Nc2ccccc2OC(F)(F)F)cc1. The number of pyridine rings is 1. The second-order valence-electron chi connectivity index (χ2n) is 6.28. The first-order valence-corrected chi connectivity index (χ1v) is 10.5. The van der Waals surface area contributed by atoms with Crippen molar-refractivity contribution in [1.82, 2.24) is 4.98 Å². The summed E-state index contributed by atoms with van der Waals surface area (Å²) < 4.78 is 68.6. The van der Waals surface area contributed by atoms with Gasteiger partial charge in [0.1, 0.15) is 0 Å². The van der Waals surface area contributed by atoms with E-state index in [4.69, 9.17) is 0 Å². The van der Waals surface area contributed by atoms with Gasteiger partial charge in [-0.3, -0.25) is 14.5 Å². The summed E-state index contributed by atoms with van der Waals surface area (Å²) in [7, 11) is -4.21. The monoisotopic (exact) mass is 463 g/mol. The van der Waals surface area contributed by atoms with Gasteiger partial charge >= 0.3 is 6.36 Å². The quantitative estimate of drug-likeness (QED) is 0.505. The molecule has 0 fully saturated rings. The van der Waals surface area contributed by atoms with E-state index in [2.05, 4.69) is 19.8 Å². The Morgan fingerprint density at radius 2 is 1.72 bits per heavy atom. The minimum absolute atomic E-state index is 0.219. The second kappa shape index (κ2) is 9.52. The minimum atomic E-state index is -4.98. The van der Waals surface area contributed by atoms with Crippen LogP contribution in [-0.4, -0.2) is 25.7 Å². The largest absolute Gasteiger partial charge is 0.573 e. The third-order valence-corrected chi connectivity index (χ3v) is 5.28. The van der Waals surface area contributed by atoms with E-state index in [9.17, 15) is 26.4 Å². The fourth-order valence-corrected chi connectivity index (χ4v) is 3.59. The van der Waals surface area contributed by atoms with Gasteiger partial charge in [0.05, 0.1) is 10.6 Å². The molecule has 3 rings (SSSR count). The number of carbonyl (C=O) groups is 1. The maximum absolute atomic E-state index is 12.6. The van der Waals surface area contributed by atoms with Gasteiger partial charge in [-0.15, -0.1) is 13.2 Å². The Kier molecular flexibility index (Phi) is 6.79. The van der Waals surface area contributed by atoms with Crippen LogP contribution in [0.4, 0.5) is 24.5 Å². The predicted octanol–water partition coefficient (Wildman–Crippen LogP) is 4.43. The predicted molar refractivity (Wildman–Crippen MR) is 112 cm³/mol. The molecule has 2 aromatic carbocycles. The molecular weight excluding hydrogens is 447 g/mol. The van der Waals surface area contributed by atoms with Crippen LogP contribution in [0.1, 0.15) is 5.56 Å². The second-order valence-corrected chi connectivity index (χ2v) is 7.97. The number of amides is 1. The number of hydrogen-bond donors (Lipinski definition) is 2. The van der Waals surface area contributed by atoms with Gasteiger partial charge in [0, 0.05) is 24.2 Å². The van der Waals surface area contributed by atoms with Crippen LogP contribution in [0.5, 0.6) is 5.75 Å². The van der Waals surface area contributed by atoms with Crippen LogP contribution in [-0.2, 0) is 14.8 Å². The highest BCUT2D eigenvalue weighted by atomic mass is 32.2. The van der Waals surface area contributed by atoms with Crippen LogP contribution in [0.25, 0.3) is 6.08 Å². The van der Waals surface area contributed by atoms with Crippen molar-refractivity contribution in [3.63, 3.8) is 0 Å². The lowest BCUT2D eigenvalue weighted by atomic mass is 10.2. The lowest BCUT2D eigenvalue weighted by Crippen LogP contribution is -2.19. The van der Waals surface area contributed by atoms with Crippen molar-refractivity contribution in [3.05, 3.63) is 84.7 Å². The summed E-state index contributed by atoms with van der Waals surface area (Å²) >= 11 is 0. The average molecular weight is 463 g/mol. The van der Waals surface area contributed by atoms with E-state index in [-0.39, 0.29) is 10.6 Å². The number of para-hydroxylation sites is 2. The molecule has 0 aliphatic rings. The van der Waals surface area contributed by atoms with Crippen LogP contribution in [0.15, 0.2) is 84.0 Å². The van der Waals surface area contributed by atoms with Gasteiger partial charge in [-0.05, 0) is 54.1 Å². The number of halogens is 3. The van der Waals surface area contributed by atoms with Gasteiger partial charge in [0.15, 0.2) is 5.75 Å². The first kappa shape index (κ1) is 22.8. The number of alkyl halides is 3. The molecule has 0 aliphatic carbocycles. The van der Waals surface area contributed by atoms with Gasteiger partial charge in [0.2, 0.25) is 5.91 Å². The summed E-state index contributed by atoms with van der Waals surface area (Å²) in [4.78, 5) is 15.7. The molecule has 3 aromatic rings. The van der Waals surface area contributed by atoms with Crippen molar-refractivity contribution >= 4 is 33.4 Å². The molecule has 0 aliphatic heterocycles. The Balaban J connectivity index is 1.69. The first-order valence-electron chi connectivity index (χ1n) is 8.99. The van der Waals surface area contributed by atoms with Crippen LogP contribution >= 0.6 is 0 Å². The molecule has 0 atom stereocenters. The van der Waals surface area contributed by atoms with Crippen LogP contribution in [0, 0.1) is 0 Å². The zero-order chi connectivity index (χ0) is 23.2. The van der Waals surface area contributed by atoms with Gasteiger partial charge in [-0.1, -0.05) is 18.2 Å². The first-order chi connectivity index (χ1) is 15.1. The molecule has 11 heteroatoms. The summed E-state index contributed by atoms with van der Waals surface area (Å²) in [5.41, 5.74) is 0.679. The molecule has 0 spiro atoms. The van der Waals surface area contributed by atoms with Crippen LogP contribution in [0.2, 0.25) is 0 Å². The zero-order valence-electron chi connectivity index (χ0n) is 16.2. The van der Waals surface area contributed by atoms with Crippen molar-refractivity contribution in [1.29, 1.82) is 0 Å². The highest BCUT2D eigenvalue weighted by Gasteiger charge is 2.32. The Morgan fingerprint density at radius 3 is 2.38 bits per heavy atom. The van der Waals surface area contributed by atoms with Crippen LogP contribution in [0.3, 0.4) is 0 Å². The van der Waals surface area contributed by atoms with Crippen molar-refractivity contribution < 1.29 is 31.1 Å². The molecule has 7 nitrogen and oxygen atoms in total. The molecule has 1 heterocycles. The molecule has 0 saturated carbocycles. The number of nitrogens with zero attached hydrogens (tertiary/aromatic N) is 1. The van der Waals surface area contributed by atoms with Gasteiger partial charge in [-0.2, -0.15) is 0 Å². The summed E-state index contributed by atoms with van der Waals surface area (Å²) in [6, 6.07) is 13.4. The number of hydrogen-bond acceptors (Lipinski definition) is 5. The molecule has 1 aromatic heterocycles. The molecule has 0 radical (unpaired) electrons. The Morgan fingerprint density at radius 1 is 1.00 bits per heavy atom. The maximum atomic E-state index is 12.6. The highest BCUT2D eigenvalue weighted by Crippen LogP contribution is 2.31. The number of carbonyl (C=O) groups excluding carboxylic acids is 1. The van der Waals surface area contributed by atoms with Gasteiger partial charge < -0.3 is 10.1 Å². The highest BCUT2D eigenvalue weighted by molar-refractivity contribution is 7.92. The van der Waals surface area contributed by atoms with E-state index >= 15 is 0 Å². The third-order valence-electron chi connectivity index (χ3n) is 3.90. The summed E-state index contributed by atoms with van der Waals surface area (Å²) in [5.74, 6) is -1.13. The summed E-state index contributed by atoms with van der Waals surface area (Å²) in [5, 5.41) is 2.57. The summed E-state index contributed by atoms with van der Waals surface area (Å²) in [6.07, 6.45) is 1.05.